The number of thioether (sulfide) groups is 1. The first kappa shape index (κ1) is 32.0. The molecule has 0 aromatic heterocycles. The molecule has 1 N–H and O–H groups in total. The van der Waals surface area contributed by atoms with Crippen LogP contribution in [0.5, 0.6) is 5.75 Å². The molecule has 0 heterocycles. The van der Waals surface area contributed by atoms with E-state index in [1.807, 2.05) is 32.2 Å². The second kappa shape index (κ2) is 14.9. The molecule has 1 atom stereocenters. The van der Waals surface area contributed by atoms with E-state index in [0.29, 0.717) is 18.0 Å². The second-order valence-electron chi connectivity index (χ2n) is 9.71. The highest BCUT2D eigenvalue weighted by molar-refractivity contribution is 7.98. The van der Waals surface area contributed by atoms with E-state index in [0.717, 1.165) is 33.2 Å². The van der Waals surface area contributed by atoms with Crippen LogP contribution in [0.4, 0.5) is 5.69 Å². The summed E-state index contributed by atoms with van der Waals surface area (Å²) in [6.45, 7) is 5.75. The smallest absolute Gasteiger partial charge is 0.264 e. The van der Waals surface area contributed by atoms with E-state index < -0.39 is 28.5 Å². The third kappa shape index (κ3) is 8.50. The Morgan fingerprint density at radius 3 is 2.17 bits per heavy atom. The molecule has 0 aliphatic carbocycles. The van der Waals surface area contributed by atoms with Gasteiger partial charge in [-0.3, -0.25) is 13.9 Å². The molecule has 0 saturated carbocycles. The Balaban J connectivity index is 1.99. The third-order valence-electron chi connectivity index (χ3n) is 6.76. The Bertz CT molecular complexity index is 1390. The summed E-state index contributed by atoms with van der Waals surface area (Å²) in [5.41, 5.74) is 2.10. The second-order valence-corrected chi connectivity index (χ2v) is 12.5. The van der Waals surface area contributed by atoms with Crippen molar-refractivity contribution in [2.45, 2.75) is 56.0 Å². The van der Waals surface area contributed by atoms with Gasteiger partial charge in [-0.05, 0) is 80.6 Å². The van der Waals surface area contributed by atoms with Gasteiger partial charge in [0.1, 0.15) is 18.3 Å². The first-order valence-electron chi connectivity index (χ1n) is 13.5. The van der Waals surface area contributed by atoms with Crippen molar-refractivity contribution < 1.29 is 22.7 Å². The molecule has 1 unspecified atom stereocenters. The molecule has 0 saturated heterocycles. The summed E-state index contributed by atoms with van der Waals surface area (Å²) in [5.74, 6) is -0.123. The van der Waals surface area contributed by atoms with Gasteiger partial charge in [0, 0.05) is 18.0 Å². The van der Waals surface area contributed by atoms with Gasteiger partial charge in [0.15, 0.2) is 0 Å². The highest BCUT2D eigenvalue weighted by Gasteiger charge is 2.32. The fraction of sp³-hybridized carbons (Fsp3) is 0.355. The molecular formula is C31H39N3O5S2. The lowest BCUT2D eigenvalue weighted by atomic mass is 10.1. The number of unbranched alkanes of at least 4 members (excludes halogenated alkanes) is 1. The van der Waals surface area contributed by atoms with Gasteiger partial charge in [-0.15, -0.1) is 11.8 Å². The molecule has 8 nitrogen and oxygen atoms in total. The molecule has 0 spiro atoms. The van der Waals surface area contributed by atoms with Gasteiger partial charge in [-0.25, -0.2) is 8.42 Å². The Hall–Kier alpha value is -3.50. The number of sulfonamides is 1. The number of hydrogen-bond donors (Lipinski definition) is 1. The quantitative estimate of drug-likeness (QED) is 0.201. The molecular weight excluding hydrogens is 558 g/mol. The number of nitrogens with zero attached hydrogens (tertiary/aromatic N) is 2. The van der Waals surface area contributed by atoms with E-state index in [2.05, 4.69) is 5.32 Å². The Labute approximate surface area is 248 Å². The molecule has 220 valence electrons. The van der Waals surface area contributed by atoms with Crippen LogP contribution in [0.1, 0.15) is 37.8 Å². The minimum Gasteiger partial charge on any atom is -0.497 e. The standard InChI is InChI=1S/C31H39N3O5S2/c1-6-7-20-32-31(36)24(3)33(21-25-10-14-27(39-4)15-11-25)30(35)22-34(26-12-8-23(2)9-13-26)41(37,38)29-18-16-28(40-5)17-19-29/h8-19,24H,6-7,20-22H2,1-5H3,(H,32,36). The maximum Gasteiger partial charge on any atom is 0.264 e. The molecule has 0 aliphatic rings. The zero-order valence-corrected chi connectivity index (χ0v) is 25.9. The molecule has 41 heavy (non-hydrogen) atoms. The topological polar surface area (TPSA) is 96.0 Å². The number of anilines is 1. The molecule has 0 bridgehead atoms. The number of carbonyl (C=O) groups excluding carboxylic acids is 2. The van der Waals surface area contributed by atoms with Crippen molar-refractivity contribution in [1.29, 1.82) is 0 Å². The lowest BCUT2D eigenvalue weighted by Gasteiger charge is -2.32. The highest BCUT2D eigenvalue weighted by atomic mass is 32.2. The van der Waals surface area contributed by atoms with Gasteiger partial charge in [-0.2, -0.15) is 0 Å². The van der Waals surface area contributed by atoms with Crippen LogP contribution in [-0.2, 0) is 26.2 Å². The average molecular weight is 598 g/mol. The minimum atomic E-state index is -4.11. The van der Waals surface area contributed by atoms with Crippen LogP contribution in [0.25, 0.3) is 0 Å². The number of hydrogen-bond acceptors (Lipinski definition) is 6. The van der Waals surface area contributed by atoms with Crippen molar-refractivity contribution in [3.63, 3.8) is 0 Å². The van der Waals surface area contributed by atoms with Crippen molar-refractivity contribution >= 4 is 39.3 Å². The summed E-state index contributed by atoms with van der Waals surface area (Å²) in [5, 5.41) is 2.89. The molecule has 2 amide bonds. The van der Waals surface area contributed by atoms with Crippen LogP contribution in [0.2, 0.25) is 0 Å². The normalized spacial score (nSPS) is 11.9. The van der Waals surface area contributed by atoms with Crippen LogP contribution in [0, 0.1) is 6.92 Å². The van der Waals surface area contributed by atoms with Gasteiger partial charge in [-0.1, -0.05) is 43.2 Å². The molecule has 3 rings (SSSR count). The summed E-state index contributed by atoms with van der Waals surface area (Å²) < 4.78 is 34.2. The van der Waals surface area contributed by atoms with Crippen LogP contribution in [0.3, 0.4) is 0 Å². The summed E-state index contributed by atoms with van der Waals surface area (Å²) in [6.07, 6.45) is 3.65. The number of benzene rings is 3. The summed E-state index contributed by atoms with van der Waals surface area (Å²) in [4.78, 5) is 29.5. The maximum absolute atomic E-state index is 14.0. The fourth-order valence-electron chi connectivity index (χ4n) is 4.16. The number of nitrogens with one attached hydrogen (secondary N) is 1. The van der Waals surface area contributed by atoms with E-state index in [9.17, 15) is 18.0 Å². The summed E-state index contributed by atoms with van der Waals surface area (Å²) in [7, 11) is -2.53. The number of carbonyl (C=O) groups is 2. The van der Waals surface area contributed by atoms with Crippen LogP contribution < -0.4 is 14.4 Å². The van der Waals surface area contributed by atoms with Gasteiger partial charge < -0.3 is 15.0 Å². The molecule has 0 aliphatic heterocycles. The number of amides is 2. The predicted octanol–water partition coefficient (Wildman–Crippen LogP) is 5.25. The SMILES string of the molecule is CCCCNC(=O)C(C)N(Cc1ccc(OC)cc1)C(=O)CN(c1ccc(C)cc1)S(=O)(=O)c1ccc(SC)cc1. The Kier molecular flexibility index (Phi) is 11.7. The van der Waals surface area contributed by atoms with E-state index in [1.54, 1.807) is 74.7 Å². The molecule has 0 radical (unpaired) electrons. The minimum absolute atomic E-state index is 0.0794. The lowest BCUT2D eigenvalue weighted by molar-refractivity contribution is -0.139. The number of rotatable bonds is 14. The number of aryl methyl sites for hydroxylation is 1. The Morgan fingerprint density at radius 1 is 0.976 bits per heavy atom. The van der Waals surface area contributed by atoms with Crippen molar-refractivity contribution in [3.8, 4) is 5.75 Å². The monoisotopic (exact) mass is 597 g/mol. The summed E-state index contributed by atoms with van der Waals surface area (Å²) in [6, 6.07) is 19.9. The lowest BCUT2D eigenvalue weighted by Crippen LogP contribution is -2.51. The van der Waals surface area contributed by atoms with Gasteiger partial charge in [0.05, 0.1) is 17.7 Å². The van der Waals surface area contributed by atoms with Crippen molar-refractivity contribution in [1.82, 2.24) is 10.2 Å². The van der Waals surface area contributed by atoms with Gasteiger partial charge in [0.25, 0.3) is 10.0 Å². The van der Waals surface area contributed by atoms with Gasteiger partial charge in [0.2, 0.25) is 11.8 Å². The third-order valence-corrected chi connectivity index (χ3v) is 9.29. The number of ether oxygens (including phenoxy) is 1. The zero-order valence-electron chi connectivity index (χ0n) is 24.3. The first-order chi connectivity index (χ1) is 19.6. The van der Waals surface area contributed by atoms with Gasteiger partial charge >= 0.3 is 0 Å². The fourth-order valence-corrected chi connectivity index (χ4v) is 5.98. The molecule has 10 heteroatoms. The zero-order chi connectivity index (χ0) is 30.0. The van der Waals surface area contributed by atoms with Crippen LogP contribution in [-0.4, -0.2) is 57.6 Å². The van der Waals surface area contributed by atoms with E-state index in [4.69, 9.17) is 4.74 Å². The van der Waals surface area contributed by atoms with E-state index in [1.165, 1.54) is 16.7 Å². The first-order valence-corrected chi connectivity index (χ1v) is 16.2. The van der Waals surface area contributed by atoms with Crippen LogP contribution in [0.15, 0.2) is 82.6 Å². The average Bonchev–Trinajstić information content (AvgIpc) is 2.99. The van der Waals surface area contributed by atoms with E-state index >= 15 is 0 Å². The van der Waals surface area contributed by atoms with E-state index in [-0.39, 0.29) is 17.3 Å². The molecule has 0 fully saturated rings. The van der Waals surface area contributed by atoms with Crippen LogP contribution >= 0.6 is 11.8 Å². The summed E-state index contributed by atoms with van der Waals surface area (Å²) >= 11 is 1.51. The predicted molar refractivity (Wildman–Crippen MR) is 165 cm³/mol. The van der Waals surface area contributed by atoms with Crippen molar-refractivity contribution in [2.24, 2.45) is 0 Å². The molecule has 3 aromatic carbocycles. The molecule has 3 aromatic rings. The maximum atomic E-state index is 14.0. The largest absolute Gasteiger partial charge is 0.497 e. The van der Waals surface area contributed by atoms with Crippen molar-refractivity contribution in [3.05, 3.63) is 83.9 Å². The highest BCUT2D eigenvalue weighted by Crippen LogP contribution is 2.26. The van der Waals surface area contributed by atoms with Crippen molar-refractivity contribution in [2.75, 3.05) is 30.8 Å². The number of methoxy groups -OCH3 is 1. The Morgan fingerprint density at radius 2 is 1.61 bits per heavy atom.